The zero-order valence-electron chi connectivity index (χ0n) is 15.3. The van der Waals surface area contributed by atoms with E-state index in [1.54, 1.807) is 32.1 Å². The third-order valence-corrected chi connectivity index (χ3v) is 4.45. The molecule has 29 heavy (non-hydrogen) atoms. The van der Waals surface area contributed by atoms with E-state index in [2.05, 4.69) is 9.72 Å². The molecule has 3 aromatic rings. The number of carbonyl (C=O) groups is 1. The van der Waals surface area contributed by atoms with Crippen LogP contribution in [-0.2, 0) is 16.1 Å². The monoisotopic (exact) mass is 405 g/mol. The molecular formula is C20H14F3NO5. The lowest BCUT2D eigenvalue weighted by Gasteiger charge is -2.29. The van der Waals surface area contributed by atoms with Crippen LogP contribution in [0.2, 0.25) is 0 Å². The number of hydrogen-bond acceptors (Lipinski definition) is 6. The molecule has 6 nitrogen and oxygen atoms in total. The van der Waals surface area contributed by atoms with E-state index in [4.69, 9.17) is 9.15 Å². The Morgan fingerprint density at radius 2 is 2.07 bits per heavy atom. The van der Waals surface area contributed by atoms with Crippen LogP contribution >= 0.6 is 0 Å². The minimum Gasteiger partial charge on any atom is -0.483 e. The molecule has 1 aromatic carbocycles. The molecule has 0 saturated carbocycles. The maximum atomic E-state index is 13.0. The Morgan fingerprint density at radius 3 is 2.79 bits per heavy atom. The Balaban J connectivity index is 1.98. The number of carbonyl (C=O) groups excluding carboxylic acids is 1. The quantitative estimate of drug-likeness (QED) is 0.471. The molecule has 0 aliphatic carbocycles. The van der Waals surface area contributed by atoms with Gasteiger partial charge in [0, 0.05) is 23.4 Å². The zero-order valence-corrected chi connectivity index (χ0v) is 15.3. The van der Waals surface area contributed by atoms with E-state index in [1.165, 1.54) is 18.3 Å². The van der Waals surface area contributed by atoms with Crippen molar-refractivity contribution >= 4 is 34.1 Å². The highest BCUT2D eigenvalue weighted by molar-refractivity contribution is 5.94. The minimum absolute atomic E-state index is 0.00665. The summed E-state index contributed by atoms with van der Waals surface area (Å²) in [6.07, 6.45) is -0.382. The first kappa shape index (κ1) is 19.0. The van der Waals surface area contributed by atoms with Crippen molar-refractivity contribution in [2.75, 3.05) is 0 Å². The molecule has 1 aliphatic rings. The number of esters is 1. The summed E-state index contributed by atoms with van der Waals surface area (Å²) in [6, 6.07) is 4.52. The Kier molecular flexibility index (Phi) is 4.14. The molecule has 0 N–H and O–H groups in total. The first-order valence-electron chi connectivity index (χ1n) is 8.56. The summed E-state index contributed by atoms with van der Waals surface area (Å²) in [5, 5.41) is 0.163. The van der Waals surface area contributed by atoms with Crippen LogP contribution in [0, 0.1) is 0 Å². The Morgan fingerprint density at radius 1 is 1.31 bits per heavy atom. The number of nitrogens with zero attached hydrogens (tertiary/aromatic N) is 1. The van der Waals surface area contributed by atoms with Crippen molar-refractivity contribution in [2.24, 2.45) is 0 Å². The molecule has 150 valence electrons. The lowest BCUT2D eigenvalue weighted by atomic mass is 9.95. The molecule has 9 heteroatoms. The zero-order chi connectivity index (χ0) is 21.0. The maximum Gasteiger partial charge on any atom is 0.490 e. The SMILES string of the molecule is CC1(C)C=Cc2c(cc3oc4ncccc4c(=O)c3c2COC(=O)C(F)(F)F)O1. The molecule has 1 aliphatic heterocycles. The molecule has 0 spiro atoms. The van der Waals surface area contributed by atoms with Gasteiger partial charge in [-0.25, -0.2) is 9.78 Å². The van der Waals surface area contributed by atoms with Gasteiger partial charge in [0.2, 0.25) is 11.1 Å². The summed E-state index contributed by atoms with van der Waals surface area (Å²) in [7, 11) is 0. The van der Waals surface area contributed by atoms with Gasteiger partial charge >= 0.3 is 12.1 Å². The number of rotatable bonds is 2. The third-order valence-electron chi connectivity index (χ3n) is 4.45. The van der Waals surface area contributed by atoms with Crippen LogP contribution in [0.15, 0.2) is 39.7 Å². The summed E-state index contributed by atoms with van der Waals surface area (Å²) in [5.41, 5.74) is -0.606. The predicted octanol–water partition coefficient (Wildman–Crippen LogP) is 4.13. The maximum absolute atomic E-state index is 13.0. The smallest absolute Gasteiger partial charge is 0.483 e. The standard InChI is InChI=1S/C20H14F3NO5/c1-19(2)6-5-10-12(9-27-18(26)20(21,22)23)15-14(8-13(10)29-19)28-17-11(16(15)25)4-3-7-24-17/h3-8H,9H2,1-2H3. The van der Waals surface area contributed by atoms with Gasteiger partial charge in [-0.1, -0.05) is 6.08 Å². The summed E-state index contributed by atoms with van der Waals surface area (Å²) < 4.78 is 53.8. The van der Waals surface area contributed by atoms with E-state index in [9.17, 15) is 22.8 Å². The van der Waals surface area contributed by atoms with Crippen LogP contribution in [-0.4, -0.2) is 22.7 Å². The lowest BCUT2D eigenvalue weighted by molar-refractivity contribution is -0.201. The van der Waals surface area contributed by atoms with Gasteiger partial charge in [-0.05, 0) is 32.1 Å². The highest BCUT2D eigenvalue weighted by Crippen LogP contribution is 2.38. The number of pyridine rings is 1. The van der Waals surface area contributed by atoms with Gasteiger partial charge in [-0.2, -0.15) is 13.2 Å². The Hall–Kier alpha value is -3.36. The number of fused-ring (bicyclic) bond motifs is 3. The lowest BCUT2D eigenvalue weighted by Crippen LogP contribution is -2.28. The van der Waals surface area contributed by atoms with E-state index in [0.717, 1.165) is 0 Å². The number of halogens is 3. The summed E-state index contributed by atoms with van der Waals surface area (Å²) in [6.45, 7) is 2.80. The first-order valence-corrected chi connectivity index (χ1v) is 8.56. The highest BCUT2D eigenvalue weighted by Gasteiger charge is 2.41. The van der Waals surface area contributed by atoms with Gasteiger partial charge in [-0.3, -0.25) is 4.79 Å². The number of aromatic nitrogens is 1. The second-order valence-corrected chi connectivity index (χ2v) is 7.04. The van der Waals surface area contributed by atoms with Crippen LogP contribution in [0.5, 0.6) is 5.75 Å². The second kappa shape index (κ2) is 6.33. The van der Waals surface area contributed by atoms with E-state index >= 15 is 0 Å². The van der Waals surface area contributed by atoms with E-state index in [1.807, 2.05) is 0 Å². The molecular weight excluding hydrogens is 391 g/mol. The molecule has 0 saturated heterocycles. The molecule has 2 aromatic heterocycles. The van der Waals surface area contributed by atoms with Crippen LogP contribution in [0.3, 0.4) is 0 Å². The molecule has 0 unspecified atom stereocenters. The summed E-state index contributed by atoms with van der Waals surface area (Å²) in [4.78, 5) is 28.3. The van der Waals surface area contributed by atoms with E-state index in [-0.39, 0.29) is 27.6 Å². The molecule has 3 heterocycles. The molecule has 0 radical (unpaired) electrons. The van der Waals surface area contributed by atoms with Crippen LogP contribution in [0.1, 0.15) is 25.0 Å². The van der Waals surface area contributed by atoms with E-state index < -0.39 is 29.8 Å². The van der Waals surface area contributed by atoms with Crippen molar-refractivity contribution in [3.63, 3.8) is 0 Å². The van der Waals surface area contributed by atoms with Crippen molar-refractivity contribution in [3.8, 4) is 5.75 Å². The average Bonchev–Trinajstić information content (AvgIpc) is 2.63. The summed E-state index contributed by atoms with van der Waals surface area (Å²) >= 11 is 0. The predicted molar refractivity (Wildman–Crippen MR) is 97.4 cm³/mol. The minimum atomic E-state index is -5.15. The number of hydrogen-bond donors (Lipinski definition) is 0. The van der Waals surface area contributed by atoms with E-state index in [0.29, 0.717) is 11.3 Å². The normalized spacial score (nSPS) is 15.2. The van der Waals surface area contributed by atoms with Crippen molar-refractivity contribution in [2.45, 2.75) is 32.2 Å². The second-order valence-electron chi connectivity index (χ2n) is 7.04. The Bertz CT molecular complexity index is 1240. The van der Waals surface area contributed by atoms with Crippen molar-refractivity contribution in [1.82, 2.24) is 4.98 Å². The van der Waals surface area contributed by atoms with Crippen molar-refractivity contribution in [1.29, 1.82) is 0 Å². The van der Waals surface area contributed by atoms with Gasteiger partial charge in [0.05, 0.1) is 10.8 Å². The molecule has 0 bridgehead atoms. The van der Waals surface area contributed by atoms with Crippen LogP contribution in [0.25, 0.3) is 28.1 Å². The fourth-order valence-corrected chi connectivity index (χ4v) is 3.15. The molecule has 4 rings (SSSR count). The summed E-state index contributed by atoms with van der Waals surface area (Å²) in [5.74, 6) is -2.06. The van der Waals surface area contributed by atoms with Crippen molar-refractivity contribution in [3.05, 3.63) is 51.8 Å². The Labute approximate surface area is 161 Å². The number of benzene rings is 1. The average molecular weight is 405 g/mol. The van der Waals surface area contributed by atoms with Crippen LogP contribution < -0.4 is 10.2 Å². The van der Waals surface area contributed by atoms with Gasteiger partial charge in [0.25, 0.3) is 0 Å². The fourth-order valence-electron chi connectivity index (χ4n) is 3.15. The van der Waals surface area contributed by atoms with Crippen molar-refractivity contribution < 1.29 is 31.9 Å². The van der Waals surface area contributed by atoms with Gasteiger partial charge in [0.15, 0.2) is 0 Å². The van der Waals surface area contributed by atoms with Gasteiger partial charge < -0.3 is 13.9 Å². The molecule has 0 fully saturated rings. The number of ether oxygens (including phenoxy) is 2. The van der Waals surface area contributed by atoms with Crippen LogP contribution in [0.4, 0.5) is 13.2 Å². The number of alkyl halides is 3. The fraction of sp³-hybridized carbons (Fsp3) is 0.250. The largest absolute Gasteiger partial charge is 0.490 e. The third kappa shape index (κ3) is 3.32. The topological polar surface area (TPSA) is 78.6 Å². The first-order chi connectivity index (χ1) is 13.6. The molecule has 0 atom stereocenters. The van der Waals surface area contributed by atoms with Gasteiger partial charge in [-0.15, -0.1) is 0 Å². The van der Waals surface area contributed by atoms with Gasteiger partial charge in [0.1, 0.15) is 23.5 Å². The highest BCUT2D eigenvalue weighted by atomic mass is 19.4. The molecule has 0 amide bonds.